The zero-order valence-corrected chi connectivity index (χ0v) is 16.9. The van der Waals surface area contributed by atoms with Crippen molar-refractivity contribution in [1.29, 1.82) is 0 Å². The third-order valence-electron chi connectivity index (χ3n) is 3.98. The van der Waals surface area contributed by atoms with E-state index in [1.807, 2.05) is 30.3 Å². The second-order valence-electron chi connectivity index (χ2n) is 6.12. The molecule has 1 aromatic carbocycles. The molecule has 27 heavy (non-hydrogen) atoms. The number of rotatable bonds is 6. The topological polar surface area (TPSA) is 79.8 Å². The molecule has 0 aliphatic carbocycles. The maximum atomic E-state index is 11.4. The molecule has 8 heteroatoms. The van der Waals surface area contributed by atoms with E-state index < -0.39 is 0 Å². The van der Waals surface area contributed by atoms with Crippen LogP contribution in [-0.2, 0) is 4.79 Å². The molecule has 0 fully saturated rings. The van der Waals surface area contributed by atoms with Crippen molar-refractivity contribution in [3.05, 3.63) is 47.2 Å². The molecular weight excluding hydrogens is 382 g/mol. The van der Waals surface area contributed by atoms with E-state index in [1.165, 1.54) is 18.3 Å². The zero-order valence-electron chi connectivity index (χ0n) is 15.3. The van der Waals surface area contributed by atoms with Gasteiger partial charge < -0.3 is 10.6 Å². The molecule has 2 N–H and O–H groups in total. The van der Waals surface area contributed by atoms with Gasteiger partial charge in [0.05, 0.1) is 16.3 Å². The molecule has 6 nitrogen and oxygen atoms in total. The first-order chi connectivity index (χ1) is 13.0. The fourth-order valence-electron chi connectivity index (χ4n) is 2.49. The number of thiazole rings is 1. The summed E-state index contributed by atoms with van der Waals surface area (Å²) in [6, 6.07) is 9.22. The highest BCUT2D eigenvalue weighted by Crippen LogP contribution is 2.37. The Morgan fingerprint density at radius 3 is 2.81 bits per heavy atom. The van der Waals surface area contributed by atoms with Gasteiger partial charge in [-0.3, -0.25) is 4.79 Å². The second-order valence-corrected chi connectivity index (χ2v) is 7.56. The SMILES string of the molecule is CCC(C)c1nc(NC(C)=O)sc1-c1ccnc(Nc2cccc(Cl)c2)n1. The number of hydrogen-bond donors (Lipinski definition) is 2. The number of anilines is 3. The van der Waals surface area contributed by atoms with Crippen LogP contribution in [0.2, 0.25) is 5.02 Å². The molecule has 0 aliphatic heterocycles. The molecule has 0 saturated carbocycles. The second kappa shape index (κ2) is 8.45. The molecule has 1 amide bonds. The third kappa shape index (κ3) is 4.81. The highest BCUT2D eigenvalue weighted by atomic mass is 35.5. The number of nitrogens with one attached hydrogen (secondary N) is 2. The minimum atomic E-state index is -0.142. The molecule has 0 spiro atoms. The van der Waals surface area contributed by atoms with E-state index in [9.17, 15) is 4.79 Å². The number of aromatic nitrogens is 3. The summed E-state index contributed by atoms with van der Waals surface area (Å²) in [4.78, 5) is 25.9. The summed E-state index contributed by atoms with van der Waals surface area (Å²) in [5, 5.41) is 7.15. The van der Waals surface area contributed by atoms with Gasteiger partial charge in [0.15, 0.2) is 5.13 Å². The maximum absolute atomic E-state index is 11.4. The summed E-state index contributed by atoms with van der Waals surface area (Å²) in [5.74, 6) is 0.578. The minimum absolute atomic E-state index is 0.142. The Kier molecular flexibility index (Phi) is 6.03. The van der Waals surface area contributed by atoms with Gasteiger partial charge >= 0.3 is 0 Å². The van der Waals surface area contributed by atoms with Gasteiger partial charge in [0.2, 0.25) is 11.9 Å². The van der Waals surface area contributed by atoms with Crippen LogP contribution in [0.15, 0.2) is 36.5 Å². The number of amides is 1. The third-order valence-corrected chi connectivity index (χ3v) is 5.23. The molecule has 1 atom stereocenters. The van der Waals surface area contributed by atoms with E-state index in [-0.39, 0.29) is 11.8 Å². The van der Waals surface area contributed by atoms with Crippen molar-refractivity contribution >= 4 is 45.6 Å². The monoisotopic (exact) mass is 401 g/mol. The van der Waals surface area contributed by atoms with Crippen molar-refractivity contribution in [3.8, 4) is 10.6 Å². The largest absolute Gasteiger partial charge is 0.324 e. The molecule has 140 valence electrons. The quantitative estimate of drug-likeness (QED) is 0.572. The van der Waals surface area contributed by atoms with Crippen molar-refractivity contribution < 1.29 is 4.79 Å². The molecule has 0 radical (unpaired) electrons. The van der Waals surface area contributed by atoms with Crippen LogP contribution in [0.4, 0.5) is 16.8 Å². The average Bonchev–Trinajstić information content (AvgIpc) is 3.04. The van der Waals surface area contributed by atoms with Gasteiger partial charge in [0.1, 0.15) is 0 Å². The summed E-state index contributed by atoms with van der Waals surface area (Å²) < 4.78 is 0. The highest BCUT2D eigenvalue weighted by molar-refractivity contribution is 7.19. The summed E-state index contributed by atoms with van der Waals surface area (Å²) in [6.45, 7) is 5.70. The van der Waals surface area contributed by atoms with Crippen molar-refractivity contribution in [2.75, 3.05) is 10.6 Å². The fourth-order valence-corrected chi connectivity index (χ4v) is 3.78. The number of halogens is 1. The molecule has 2 heterocycles. The van der Waals surface area contributed by atoms with Gasteiger partial charge in [-0.2, -0.15) is 0 Å². The Morgan fingerprint density at radius 2 is 2.11 bits per heavy atom. The Labute approximate surface area is 167 Å². The van der Waals surface area contributed by atoms with Gasteiger partial charge in [0, 0.05) is 23.8 Å². The molecule has 3 rings (SSSR count). The Hall–Kier alpha value is -2.51. The van der Waals surface area contributed by atoms with E-state index >= 15 is 0 Å². The van der Waals surface area contributed by atoms with Crippen LogP contribution < -0.4 is 10.6 Å². The van der Waals surface area contributed by atoms with Gasteiger partial charge in [-0.25, -0.2) is 15.0 Å². The molecule has 0 aliphatic rings. The van der Waals surface area contributed by atoms with Gasteiger partial charge in [0.25, 0.3) is 0 Å². The highest BCUT2D eigenvalue weighted by Gasteiger charge is 2.19. The van der Waals surface area contributed by atoms with Crippen molar-refractivity contribution in [1.82, 2.24) is 15.0 Å². The molecular formula is C19H20ClN5OS. The van der Waals surface area contributed by atoms with E-state index in [1.54, 1.807) is 6.20 Å². The molecule has 2 aromatic heterocycles. The predicted octanol–water partition coefficient (Wildman–Crippen LogP) is 5.47. The Bertz CT molecular complexity index is 959. The van der Waals surface area contributed by atoms with Crippen LogP contribution >= 0.6 is 22.9 Å². The van der Waals surface area contributed by atoms with Gasteiger partial charge in [-0.15, -0.1) is 0 Å². The van der Waals surface area contributed by atoms with Crippen LogP contribution in [0.5, 0.6) is 0 Å². The first-order valence-corrected chi connectivity index (χ1v) is 9.80. The fraction of sp³-hybridized carbons (Fsp3) is 0.263. The lowest BCUT2D eigenvalue weighted by molar-refractivity contribution is -0.114. The van der Waals surface area contributed by atoms with E-state index in [0.29, 0.717) is 16.1 Å². The molecule has 0 saturated heterocycles. The summed E-state index contributed by atoms with van der Waals surface area (Å²) in [5.41, 5.74) is 2.50. The van der Waals surface area contributed by atoms with Crippen molar-refractivity contribution in [3.63, 3.8) is 0 Å². The molecule has 0 bridgehead atoms. The van der Waals surface area contributed by atoms with Crippen LogP contribution in [0.25, 0.3) is 10.6 Å². The first-order valence-electron chi connectivity index (χ1n) is 8.60. The first kappa shape index (κ1) is 19.3. The van der Waals surface area contributed by atoms with Crippen molar-refractivity contribution in [2.45, 2.75) is 33.1 Å². The number of carbonyl (C=O) groups is 1. The standard InChI is InChI=1S/C19H20ClN5OS/c1-4-11(2)16-17(27-19(25-16)22-12(3)26)15-8-9-21-18(24-15)23-14-7-5-6-13(20)10-14/h5-11H,4H2,1-3H3,(H,21,23,24)(H,22,25,26). The van der Waals surface area contributed by atoms with Crippen LogP contribution in [0, 0.1) is 0 Å². The van der Waals surface area contributed by atoms with Crippen molar-refractivity contribution in [2.24, 2.45) is 0 Å². The summed E-state index contributed by atoms with van der Waals surface area (Å²) in [7, 11) is 0. The normalized spacial score (nSPS) is 11.9. The lowest BCUT2D eigenvalue weighted by atomic mass is 10.0. The number of benzene rings is 1. The minimum Gasteiger partial charge on any atom is -0.324 e. The molecule has 1 unspecified atom stereocenters. The smallest absolute Gasteiger partial charge is 0.227 e. The van der Waals surface area contributed by atoms with Gasteiger partial charge in [-0.05, 0) is 36.6 Å². The van der Waals surface area contributed by atoms with E-state index in [2.05, 4.69) is 39.4 Å². The summed E-state index contributed by atoms with van der Waals surface area (Å²) >= 11 is 7.45. The lowest BCUT2D eigenvalue weighted by Gasteiger charge is -2.09. The van der Waals surface area contributed by atoms with Gasteiger partial charge in [-0.1, -0.05) is 42.9 Å². The Balaban J connectivity index is 1.96. The number of carbonyl (C=O) groups excluding carboxylic acids is 1. The van der Waals surface area contributed by atoms with Crippen LogP contribution in [0.3, 0.4) is 0 Å². The zero-order chi connectivity index (χ0) is 19.4. The van der Waals surface area contributed by atoms with E-state index in [0.717, 1.165) is 28.4 Å². The Morgan fingerprint density at radius 1 is 1.30 bits per heavy atom. The number of hydrogen-bond acceptors (Lipinski definition) is 6. The lowest BCUT2D eigenvalue weighted by Crippen LogP contribution is -2.05. The predicted molar refractivity (Wildman–Crippen MR) is 111 cm³/mol. The van der Waals surface area contributed by atoms with Crippen LogP contribution in [0.1, 0.15) is 38.8 Å². The van der Waals surface area contributed by atoms with Crippen LogP contribution in [-0.4, -0.2) is 20.9 Å². The average molecular weight is 402 g/mol. The maximum Gasteiger partial charge on any atom is 0.227 e. The summed E-state index contributed by atoms with van der Waals surface area (Å²) in [6.07, 6.45) is 2.64. The van der Waals surface area contributed by atoms with E-state index in [4.69, 9.17) is 11.6 Å². The number of nitrogens with zero attached hydrogens (tertiary/aromatic N) is 3. The molecule has 3 aromatic rings.